The number of anilines is 1. The molecule has 0 unspecified atom stereocenters. The number of halogens is 3. The predicted octanol–water partition coefficient (Wildman–Crippen LogP) is 7.43. The Hall–Kier alpha value is -1.65. The van der Waals surface area contributed by atoms with Gasteiger partial charge in [-0.3, -0.25) is 5.09 Å². The Kier molecular flexibility index (Phi) is 6.15. The van der Waals surface area contributed by atoms with Crippen LogP contribution in [0.3, 0.4) is 0 Å². The van der Waals surface area contributed by atoms with E-state index in [4.69, 9.17) is 32.2 Å². The van der Waals surface area contributed by atoms with Gasteiger partial charge in [0.15, 0.2) is 0 Å². The van der Waals surface area contributed by atoms with E-state index in [-0.39, 0.29) is 0 Å². The minimum atomic E-state index is -3.79. The second-order valence-corrected chi connectivity index (χ2v) is 8.58. The van der Waals surface area contributed by atoms with Crippen molar-refractivity contribution >= 4 is 52.6 Å². The van der Waals surface area contributed by atoms with Crippen molar-refractivity contribution in [3.8, 4) is 11.5 Å². The molecule has 0 spiro atoms. The highest BCUT2D eigenvalue weighted by molar-refractivity contribution is 9.10. The zero-order valence-electron chi connectivity index (χ0n) is 13.2. The van der Waals surface area contributed by atoms with E-state index in [0.29, 0.717) is 27.2 Å². The summed E-state index contributed by atoms with van der Waals surface area (Å²) < 4.78 is 25.5. The van der Waals surface area contributed by atoms with Crippen molar-refractivity contribution in [2.45, 2.75) is 0 Å². The molecule has 0 aliphatic carbocycles. The van der Waals surface area contributed by atoms with Gasteiger partial charge in [-0.05, 0) is 66.7 Å². The molecule has 3 aromatic rings. The fraction of sp³-hybridized carbons (Fsp3) is 0. The van der Waals surface area contributed by atoms with Crippen LogP contribution in [-0.4, -0.2) is 0 Å². The van der Waals surface area contributed by atoms with Crippen molar-refractivity contribution in [3.63, 3.8) is 0 Å². The molecule has 1 N–H and O–H groups in total. The Balaban J connectivity index is 1.89. The lowest BCUT2D eigenvalue weighted by atomic mass is 10.3. The molecule has 3 aromatic carbocycles. The van der Waals surface area contributed by atoms with Crippen LogP contribution in [0, 0.1) is 0 Å². The molecular formula is C18H13BrCl2NO3P. The molecule has 0 radical (unpaired) electrons. The Bertz CT molecular complexity index is 884. The molecule has 4 nitrogen and oxygen atoms in total. The summed E-state index contributed by atoms with van der Waals surface area (Å²) in [6.07, 6.45) is 0. The highest BCUT2D eigenvalue weighted by Crippen LogP contribution is 2.48. The predicted molar refractivity (Wildman–Crippen MR) is 110 cm³/mol. The molecule has 0 saturated heterocycles. The van der Waals surface area contributed by atoms with E-state index in [1.54, 1.807) is 66.7 Å². The van der Waals surface area contributed by atoms with E-state index >= 15 is 0 Å². The van der Waals surface area contributed by atoms with E-state index in [1.165, 1.54) is 0 Å². The highest BCUT2D eigenvalue weighted by atomic mass is 79.9. The summed E-state index contributed by atoms with van der Waals surface area (Å²) in [4.78, 5) is 0. The summed E-state index contributed by atoms with van der Waals surface area (Å²) in [6.45, 7) is 0. The van der Waals surface area contributed by atoms with Gasteiger partial charge in [-0.2, -0.15) is 0 Å². The van der Waals surface area contributed by atoms with E-state index in [2.05, 4.69) is 21.0 Å². The fourth-order valence-corrected chi connectivity index (χ4v) is 4.08. The third kappa shape index (κ3) is 5.42. The molecule has 0 heterocycles. The second-order valence-electron chi connectivity index (χ2n) is 5.21. The summed E-state index contributed by atoms with van der Waals surface area (Å²) in [7, 11) is -3.79. The van der Waals surface area contributed by atoms with Crippen LogP contribution in [-0.2, 0) is 4.57 Å². The van der Waals surface area contributed by atoms with Crippen LogP contribution >= 0.6 is 46.9 Å². The van der Waals surface area contributed by atoms with E-state index < -0.39 is 7.75 Å². The van der Waals surface area contributed by atoms with Gasteiger partial charge in [0.25, 0.3) is 0 Å². The lowest BCUT2D eigenvalue weighted by Crippen LogP contribution is -2.09. The first-order valence-electron chi connectivity index (χ1n) is 7.46. The van der Waals surface area contributed by atoms with Gasteiger partial charge < -0.3 is 9.05 Å². The molecular weight excluding hydrogens is 460 g/mol. The summed E-state index contributed by atoms with van der Waals surface area (Å²) in [5, 5.41) is 3.93. The van der Waals surface area contributed by atoms with Crippen LogP contribution in [0.25, 0.3) is 0 Å². The standard InChI is InChI=1S/C18H13BrCl2NO3P/c19-13-2-1-3-16(12-13)22-26(23,24-17-8-4-14(20)5-9-17)25-18-10-6-15(21)7-11-18/h1-12H,(H,22,23). The Morgan fingerprint density at radius 1 is 0.808 bits per heavy atom. The molecule has 0 atom stereocenters. The fourth-order valence-electron chi connectivity index (χ4n) is 2.05. The molecule has 0 saturated carbocycles. The largest absolute Gasteiger partial charge is 0.541 e. The Morgan fingerprint density at radius 2 is 1.31 bits per heavy atom. The van der Waals surface area contributed by atoms with Gasteiger partial charge in [-0.25, -0.2) is 4.57 Å². The van der Waals surface area contributed by atoms with Gasteiger partial charge in [-0.1, -0.05) is 45.2 Å². The summed E-state index contributed by atoms with van der Waals surface area (Å²) in [6, 6.07) is 20.2. The van der Waals surface area contributed by atoms with Crippen LogP contribution in [0.5, 0.6) is 11.5 Å². The van der Waals surface area contributed by atoms with Crippen LogP contribution in [0.2, 0.25) is 10.0 Å². The van der Waals surface area contributed by atoms with Gasteiger partial charge in [0, 0.05) is 20.2 Å². The van der Waals surface area contributed by atoms with Crippen molar-refractivity contribution in [2.24, 2.45) is 0 Å². The SMILES string of the molecule is O=P(Nc1cccc(Br)c1)(Oc1ccc(Cl)cc1)Oc1ccc(Cl)cc1. The number of benzene rings is 3. The van der Waals surface area contributed by atoms with Crippen molar-refractivity contribution in [3.05, 3.63) is 87.3 Å². The first-order chi connectivity index (χ1) is 12.4. The van der Waals surface area contributed by atoms with Crippen LogP contribution in [0.15, 0.2) is 77.3 Å². The van der Waals surface area contributed by atoms with Gasteiger partial charge >= 0.3 is 7.75 Å². The first-order valence-corrected chi connectivity index (χ1v) is 10.6. The van der Waals surface area contributed by atoms with Gasteiger partial charge in [-0.15, -0.1) is 0 Å². The van der Waals surface area contributed by atoms with Crippen molar-refractivity contribution in [1.29, 1.82) is 0 Å². The number of rotatable bonds is 6. The normalized spacial score (nSPS) is 11.0. The maximum atomic E-state index is 13.4. The lowest BCUT2D eigenvalue weighted by molar-refractivity contribution is 0.393. The maximum absolute atomic E-state index is 13.4. The molecule has 26 heavy (non-hydrogen) atoms. The molecule has 0 amide bonds. The number of nitrogens with one attached hydrogen (secondary N) is 1. The molecule has 8 heteroatoms. The molecule has 3 rings (SSSR count). The third-order valence-corrected chi connectivity index (χ3v) is 5.60. The maximum Gasteiger partial charge on any atom is 0.541 e. The summed E-state index contributed by atoms with van der Waals surface area (Å²) >= 11 is 15.1. The van der Waals surface area contributed by atoms with E-state index in [1.807, 2.05) is 6.07 Å². The smallest absolute Gasteiger partial charge is 0.400 e. The van der Waals surface area contributed by atoms with Crippen molar-refractivity contribution in [2.75, 3.05) is 5.09 Å². The molecule has 0 aromatic heterocycles. The topological polar surface area (TPSA) is 47.6 Å². The Labute approximate surface area is 169 Å². The average molecular weight is 473 g/mol. The van der Waals surface area contributed by atoms with Crippen LogP contribution in [0.1, 0.15) is 0 Å². The quantitative estimate of drug-likeness (QED) is 0.379. The first kappa shape index (κ1) is 19.1. The average Bonchev–Trinajstić information content (AvgIpc) is 2.59. The minimum Gasteiger partial charge on any atom is -0.400 e. The number of hydrogen-bond donors (Lipinski definition) is 1. The van der Waals surface area contributed by atoms with Crippen molar-refractivity contribution in [1.82, 2.24) is 0 Å². The van der Waals surface area contributed by atoms with E-state index in [9.17, 15) is 4.57 Å². The third-order valence-electron chi connectivity index (χ3n) is 3.17. The van der Waals surface area contributed by atoms with Crippen LogP contribution < -0.4 is 14.1 Å². The molecule has 0 aliphatic heterocycles. The van der Waals surface area contributed by atoms with Crippen LogP contribution in [0.4, 0.5) is 5.69 Å². The van der Waals surface area contributed by atoms with E-state index in [0.717, 1.165) is 4.47 Å². The lowest BCUT2D eigenvalue weighted by Gasteiger charge is -2.21. The zero-order chi connectivity index (χ0) is 18.6. The second kappa shape index (κ2) is 8.36. The van der Waals surface area contributed by atoms with Gasteiger partial charge in [0.05, 0.1) is 0 Å². The molecule has 0 bridgehead atoms. The molecule has 0 aliphatic rings. The van der Waals surface area contributed by atoms with Crippen molar-refractivity contribution < 1.29 is 13.6 Å². The molecule has 134 valence electrons. The Morgan fingerprint density at radius 3 is 1.77 bits per heavy atom. The molecule has 0 fully saturated rings. The monoisotopic (exact) mass is 471 g/mol. The minimum absolute atomic E-state index is 0.356. The summed E-state index contributed by atoms with van der Waals surface area (Å²) in [5.74, 6) is 0.711. The summed E-state index contributed by atoms with van der Waals surface area (Å²) in [5.41, 5.74) is 0.575. The zero-order valence-corrected chi connectivity index (χ0v) is 17.2. The highest BCUT2D eigenvalue weighted by Gasteiger charge is 2.29. The van der Waals surface area contributed by atoms with Gasteiger partial charge in [0.2, 0.25) is 0 Å². The number of hydrogen-bond acceptors (Lipinski definition) is 3. The van der Waals surface area contributed by atoms with Gasteiger partial charge in [0.1, 0.15) is 11.5 Å².